The van der Waals surface area contributed by atoms with Gasteiger partial charge in [0.1, 0.15) is 0 Å². The molecular formula is C14H16ClNO4S. The Bertz CT molecular complexity index is 719. The summed E-state index contributed by atoms with van der Waals surface area (Å²) in [5.74, 6) is -1.61. The predicted molar refractivity (Wildman–Crippen MR) is 81.7 cm³/mol. The van der Waals surface area contributed by atoms with Gasteiger partial charge in [0.05, 0.1) is 26.8 Å². The van der Waals surface area contributed by atoms with Crippen LogP contribution in [0.1, 0.15) is 31.1 Å². The molecule has 1 amide bonds. The first-order valence-corrected chi connectivity index (χ1v) is 8.46. The van der Waals surface area contributed by atoms with E-state index in [2.05, 4.69) is 0 Å². The average molecular weight is 330 g/mol. The van der Waals surface area contributed by atoms with Crippen LogP contribution in [0.15, 0.2) is 18.2 Å². The summed E-state index contributed by atoms with van der Waals surface area (Å²) in [5, 5.41) is 0.264. The van der Waals surface area contributed by atoms with Crippen molar-refractivity contribution in [1.29, 1.82) is 0 Å². The number of benzene rings is 1. The van der Waals surface area contributed by atoms with Crippen LogP contribution in [0.25, 0.3) is 0 Å². The predicted octanol–water partition coefficient (Wildman–Crippen LogP) is 2.08. The maximum atomic E-state index is 12.1. The van der Waals surface area contributed by atoms with E-state index in [9.17, 15) is 18.0 Å². The van der Waals surface area contributed by atoms with Crippen molar-refractivity contribution < 1.29 is 18.0 Å². The molecule has 1 aromatic carbocycles. The largest absolute Gasteiger partial charge is 0.302 e. The number of hydrogen-bond acceptors (Lipinski definition) is 4. The van der Waals surface area contributed by atoms with Gasteiger partial charge < -0.3 is 4.90 Å². The Balaban J connectivity index is 2.32. The van der Waals surface area contributed by atoms with Gasteiger partial charge in [-0.15, -0.1) is 0 Å². The highest BCUT2D eigenvalue weighted by Gasteiger charge is 2.38. The number of nitrogens with zero attached hydrogens (tertiary/aromatic N) is 1. The van der Waals surface area contributed by atoms with Crippen LogP contribution in [-0.2, 0) is 14.6 Å². The Hall–Kier alpha value is -1.40. The van der Waals surface area contributed by atoms with E-state index in [1.54, 1.807) is 32.9 Å². The molecule has 0 unspecified atom stereocenters. The van der Waals surface area contributed by atoms with Crippen LogP contribution < -0.4 is 4.90 Å². The maximum absolute atomic E-state index is 12.1. The zero-order valence-corrected chi connectivity index (χ0v) is 13.6. The topological polar surface area (TPSA) is 71.5 Å². The molecule has 0 atom stereocenters. The van der Waals surface area contributed by atoms with Crippen LogP contribution >= 0.6 is 11.6 Å². The van der Waals surface area contributed by atoms with Gasteiger partial charge in [0.25, 0.3) is 11.7 Å². The molecule has 21 heavy (non-hydrogen) atoms. The SMILES string of the molecule is CC(C)(C)S(=O)(=O)CCN1C(=O)C(=O)c2cccc(Cl)c21. The van der Waals surface area contributed by atoms with E-state index >= 15 is 0 Å². The first-order valence-electron chi connectivity index (χ1n) is 6.43. The number of rotatable bonds is 3. The number of para-hydroxylation sites is 1. The van der Waals surface area contributed by atoms with Crippen molar-refractivity contribution >= 4 is 38.8 Å². The number of hydrogen-bond donors (Lipinski definition) is 0. The molecule has 0 radical (unpaired) electrons. The lowest BCUT2D eigenvalue weighted by atomic mass is 10.1. The monoisotopic (exact) mass is 329 g/mol. The Morgan fingerprint density at radius 3 is 2.38 bits per heavy atom. The zero-order chi connectivity index (χ0) is 16.0. The van der Waals surface area contributed by atoms with Crippen LogP contribution in [0.4, 0.5) is 5.69 Å². The summed E-state index contributed by atoms with van der Waals surface area (Å²) in [6.07, 6.45) is 0. The molecule has 7 heteroatoms. The molecule has 0 bridgehead atoms. The second kappa shape index (κ2) is 5.10. The van der Waals surface area contributed by atoms with Crippen molar-refractivity contribution in [2.45, 2.75) is 25.5 Å². The molecule has 0 saturated heterocycles. The minimum atomic E-state index is -3.39. The lowest BCUT2D eigenvalue weighted by Crippen LogP contribution is -2.39. The smallest absolute Gasteiger partial charge is 0.299 e. The number of Topliss-reactive ketones (excluding diaryl/α,β-unsaturated/α-hetero) is 1. The molecule has 1 aromatic rings. The molecule has 0 spiro atoms. The van der Waals surface area contributed by atoms with E-state index in [0.29, 0.717) is 5.69 Å². The fourth-order valence-corrected chi connectivity index (χ4v) is 3.36. The summed E-state index contributed by atoms with van der Waals surface area (Å²) in [6, 6.07) is 4.67. The van der Waals surface area contributed by atoms with E-state index in [0.717, 1.165) is 4.90 Å². The fourth-order valence-electron chi connectivity index (χ4n) is 2.04. The number of halogens is 1. The molecular weight excluding hydrogens is 314 g/mol. The third-order valence-corrected chi connectivity index (χ3v) is 6.35. The normalized spacial score (nSPS) is 15.5. The summed E-state index contributed by atoms with van der Waals surface area (Å²) in [6.45, 7) is 4.71. The van der Waals surface area contributed by atoms with E-state index in [1.165, 1.54) is 6.07 Å². The number of anilines is 1. The van der Waals surface area contributed by atoms with E-state index in [1.807, 2.05) is 0 Å². The van der Waals surface area contributed by atoms with Gasteiger partial charge in [0.2, 0.25) is 0 Å². The van der Waals surface area contributed by atoms with Crippen molar-refractivity contribution in [2.24, 2.45) is 0 Å². The third-order valence-electron chi connectivity index (χ3n) is 3.46. The number of fused-ring (bicyclic) bond motifs is 1. The second-order valence-electron chi connectivity index (χ2n) is 5.85. The fraction of sp³-hybridized carbons (Fsp3) is 0.429. The number of carbonyl (C=O) groups excluding carboxylic acids is 2. The highest BCUT2D eigenvalue weighted by molar-refractivity contribution is 7.92. The molecule has 1 aliphatic rings. The van der Waals surface area contributed by atoms with Gasteiger partial charge in [0.15, 0.2) is 9.84 Å². The number of sulfone groups is 1. The first-order chi connectivity index (χ1) is 9.56. The molecule has 0 N–H and O–H groups in total. The van der Waals surface area contributed by atoms with Crippen molar-refractivity contribution in [3.63, 3.8) is 0 Å². The standard InChI is InChI=1S/C14H16ClNO4S/c1-14(2,3)21(19,20)8-7-16-11-9(12(17)13(16)18)5-4-6-10(11)15/h4-6H,7-8H2,1-3H3. The van der Waals surface area contributed by atoms with Crippen LogP contribution in [0.5, 0.6) is 0 Å². The molecule has 2 rings (SSSR count). The van der Waals surface area contributed by atoms with Crippen molar-refractivity contribution in [3.05, 3.63) is 28.8 Å². The minimum Gasteiger partial charge on any atom is -0.302 e. The van der Waals surface area contributed by atoms with Gasteiger partial charge in [-0.1, -0.05) is 17.7 Å². The summed E-state index contributed by atoms with van der Waals surface area (Å²) >= 11 is 6.04. The zero-order valence-electron chi connectivity index (χ0n) is 12.0. The lowest BCUT2D eigenvalue weighted by Gasteiger charge is -2.22. The van der Waals surface area contributed by atoms with Gasteiger partial charge in [-0.2, -0.15) is 0 Å². The Kier molecular flexibility index (Phi) is 3.88. The van der Waals surface area contributed by atoms with Gasteiger partial charge in [-0.25, -0.2) is 8.42 Å². The summed E-state index contributed by atoms with van der Waals surface area (Å²) in [5.41, 5.74) is 0.527. The summed E-state index contributed by atoms with van der Waals surface area (Å²) in [4.78, 5) is 25.0. The van der Waals surface area contributed by atoms with Gasteiger partial charge in [-0.05, 0) is 32.9 Å². The molecule has 0 saturated carbocycles. The van der Waals surface area contributed by atoms with Crippen molar-refractivity contribution in [3.8, 4) is 0 Å². The van der Waals surface area contributed by atoms with Gasteiger partial charge in [0, 0.05) is 6.54 Å². The van der Waals surface area contributed by atoms with Crippen LogP contribution in [0.3, 0.4) is 0 Å². The van der Waals surface area contributed by atoms with Crippen LogP contribution in [0.2, 0.25) is 5.02 Å². The van der Waals surface area contributed by atoms with Crippen molar-refractivity contribution in [2.75, 3.05) is 17.2 Å². The number of amides is 1. The number of ketones is 1. The summed E-state index contributed by atoms with van der Waals surface area (Å²) < 4.78 is 23.4. The second-order valence-corrected chi connectivity index (χ2v) is 9.12. The highest BCUT2D eigenvalue weighted by Crippen LogP contribution is 2.35. The van der Waals surface area contributed by atoms with E-state index in [4.69, 9.17) is 11.6 Å². The molecule has 0 fully saturated rings. The minimum absolute atomic E-state index is 0.0824. The lowest BCUT2D eigenvalue weighted by molar-refractivity contribution is -0.114. The molecule has 0 aromatic heterocycles. The van der Waals surface area contributed by atoms with Crippen LogP contribution in [0, 0.1) is 0 Å². The van der Waals surface area contributed by atoms with Gasteiger partial charge in [-0.3, -0.25) is 9.59 Å². The van der Waals surface area contributed by atoms with Gasteiger partial charge >= 0.3 is 0 Å². The van der Waals surface area contributed by atoms with Crippen molar-refractivity contribution in [1.82, 2.24) is 0 Å². The molecule has 114 valence electrons. The first kappa shape index (κ1) is 16.0. The van der Waals surface area contributed by atoms with E-state index in [-0.39, 0.29) is 22.9 Å². The maximum Gasteiger partial charge on any atom is 0.299 e. The molecule has 5 nitrogen and oxygen atoms in total. The highest BCUT2D eigenvalue weighted by atomic mass is 35.5. The Labute approximate surface area is 128 Å². The third kappa shape index (κ3) is 2.70. The quantitative estimate of drug-likeness (QED) is 0.796. The van der Waals surface area contributed by atoms with E-state index < -0.39 is 26.3 Å². The number of carbonyl (C=O) groups is 2. The average Bonchev–Trinajstić information content (AvgIpc) is 2.61. The molecule has 1 heterocycles. The van der Waals surface area contributed by atoms with Crippen LogP contribution in [-0.4, -0.2) is 37.2 Å². The summed E-state index contributed by atoms with van der Waals surface area (Å²) in [7, 11) is -3.39. The molecule has 1 aliphatic heterocycles. The Morgan fingerprint density at radius 1 is 1.19 bits per heavy atom. The molecule has 0 aliphatic carbocycles. The Morgan fingerprint density at radius 2 is 1.81 bits per heavy atom.